The minimum atomic E-state index is -0.410. The molecule has 0 saturated heterocycles. The Kier molecular flexibility index (Phi) is 4.01. The van der Waals surface area contributed by atoms with E-state index in [4.69, 9.17) is 17.4 Å². The third-order valence-corrected chi connectivity index (χ3v) is 3.45. The first-order valence-corrected chi connectivity index (χ1v) is 6.03. The fourth-order valence-electron chi connectivity index (χ4n) is 1.50. The largest absolute Gasteiger partial charge is 0.271 e. The highest BCUT2D eigenvalue weighted by molar-refractivity contribution is 7.05. The summed E-state index contributed by atoms with van der Waals surface area (Å²) in [5.74, 6) is 5.04. The van der Waals surface area contributed by atoms with Gasteiger partial charge in [0.15, 0.2) is 0 Å². The van der Waals surface area contributed by atoms with E-state index in [2.05, 4.69) is 15.0 Å². The van der Waals surface area contributed by atoms with Gasteiger partial charge in [-0.05, 0) is 29.6 Å². The number of nitrogens with two attached hydrogens (primary N) is 1. The Morgan fingerprint density at radius 1 is 1.53 bits per heavy atom. The van der Waals surface area contributed by atoms with Crippen LogP contribution in [0, 0.1) is 5.82 Å². The van der Waals surface area contributed by atoms with E-state index >= 15 is 0 Å². The second-order valence-corrected chi connectivity index (χ2v) is 4.68. The molecule has 17 heavy (non-hydrogen) atoms. The molecule has 0 amide bonds. The van der Waals surface area contributed by atoms with E-state index in [9.17, 15) is 4.39 Å². The van der Waals surface area contributed by atoms with E-state index in [-0.39, 0.29) is 11.1 Å². The molecule has 4 nitrogen and oxygen atoms in total. The van der Waals surface area contributed by atoms with Crippen LogP contribution in [0.5, 0.6) is 0 Å². The monoisotopic (exact) mass is 272 g/mol. The van der Waals surface area contributed by atoms with Gasteiger partial charge in [0.1, 0.15) is 5.82 Å². The Morgan fingerprint density at radius 3 is 3.00 bits per heavy atom. The minimum Gasteiger partial charge on any atom is -0.271 e. The van der Waals surface area contributed by atoms with E-state index in [0.717, 1.165) is 4.88 Å². The van der Waals surface area contributed by atoms with Crippen molar-refractivity contribution in [1.29, 1.82) is 0 Å². The average Bonchev–Trinajstić information content (AvgIpc) is 2.85. The standard InChI is InChI=1S/C10H10ClFN4S/c11-7-3-1-2-6(10(7)12)4-8(15-13)9-5-14-16-17-9/h1-3,5,8,15H,4,13H2. The van der Waals surface area contributed by atoms with Crippen LogP contribution < -0.4 is 11.3 Å². The maximum atomic E-state index is 13.7. The molecule has 1 heterocycles. The highest BCUT2D eigenvalue weighted by Gasteiger charge is 2.16. The fraction of sp³-hybridized carbons (Fsp3) is 0.200. The van der Waals surface area contributed by atoms with Gasteiger partial charge in [0.05, 0.1) is 22.1 Å². The molecule has 2 aromatic rings. The van der Waals surface area contributed by atoms with Gasteiger partial charge in [-0.2, -0.15) is 0 Å². The van der Waals surface area contributed by atoms with Gasteiger partial charge >= 0.3 is 0 Å². The van der Waals surface area contributed by atoms with Crippen molar-refractivity contribution in [1.82, 2.24) is 15.0 Å². The summed E-state index contributed by atoms with van der Waals surface area (Å²) >= 11 is 6.94. The van der Waals surface area contributed by atoms with Crippen LogP contribution in [0.1, 0.15) is 16.5 Å². The van der Waals surface area contributed by atoms with Crippen molar-refractivity contribution in [3.05, 3.63) is 45.7 Å². The molecular weight excluding hydrogens is 263 g/mol. The molecule has 0 saturated carbocycles. The number of nitrogens with one attached hydrogen (secondary N) is 1. The summed E-state index contributed by atoms with van der Waals surface area (Å²) in [6.45, 7) is 0. The fourth-order valence-corrected chi connectivity index (χ4v) is 2.25. The van der Waals surface area contributed by atoms with E-state index in [1.165, 1.54) is 17.6 Å². The van der Waals surface area contributed by atoms with Gasteiger partial charge in [-0.3, -0.25) is 11.3 Å². The zero-order valence-electron chi connectivity index (χ0n) is 8.73. The SMILES string of the molecule is NNC(Cc1cccc(Cl)c1F)c1cnns1. The third kappa shape index (κ3) is 2.78. The first-order chi connectivity index (χ1) is 8.22. The highest BCUT2D eigenvalue weighted by atomic mass is 35.5. The normalized spacial score (nSPS) is 12.6. The van der Waals surface area contributed by atoms with E-state index < -0.39 is 5.82 Å². The maximum absolute atomic E-state index is 13.7. The molecule has 0 bridgehead atoms. The van der Waals surface area contributed by atoms with Crippen molar-refractivity contribution in [2.45, 2.75) is 12.5 Å². The number of hydrazine groups is 1. The molecule has 0 radical (unpaired) electrons. The molecule has 1 unspecified atom stereocenters. The smallest absolute Gasteiger partial charge is 0.145 e. The van der Waals surface area contributed by atoms with Gasteiger partial charge < -0.3 is 0 Å². The maximum Gasteiger partial charge on any atom is 0.145 e. The molecular formula is C10H10ClFN4S. The van der Waals surface area contributed by atoms with Gasteiger partial charge in [-0.25, -0.2) is 4.39 Å². The molecule has 3 N–H and O–H groups in total. The summed E-state index contributed by atoms with van der Waals surface area (Å²) in [4.78, 5) is 0.854. The second-order valence-electron chi connectivity index (χ2n) is 3.46. The molecule has 2 rings (SSSR count). The second kappa shape index (κ2) is 5.50. The quantitative estimate of drug-likeness (QED) is 0.661. The van der Waals surface area contributed by atoms with Crippen LogP contribution >= 0.6 is 23.1 Å². The Morgan fingerprint density at radius 2 is 2.35 bits per heavy atom. The summed E-state index contributed by atoms with van der Waals surface area (Å²) < 4.78 is 17.5. The van der Waals surface area contributed by atoms with Crippen LogP contribution in [0.2, 0.25) is 5.02 Å². The Balaban J connectivity index is 2.22. The van der Waals surface area contributed by atoms with Gasteiger partial charge in [0, 0.05) is 0 Å². The van der Waals surface area contributed by atoms with Crippen molar-refractivity contribution < 1.29 is 4.39 Å². The first kappa shape index (κ1) is 12.4. The summed E-state index contributed by atoms with van der Waals surface area (Å²) in [6.07, 6.45) is 2.00. The number of aromatic nitrogens is 2. The lowest BCUT2D eigenvalue weighted by Crippen LogP contribution is -2.29. The predicted molar refractivity (Wildman–Crippen MR) is 65.1 cm³/mol. The zero-order chi connectivity index (χ0) is 12.3. The molecule has 1 aromatic carbocycles. The van der Waals surface area contributed by atoms with Gasteiger partial charge in [-0.1, -0.05) is 28.2 Å². The molecule has 90 valence electrons. The van der Waals surface area contributed by atoms with Crippen LogP contribution in [0.25, 0.3) is 0 Å². The summed E-state index contributed by atoms with van der Waals surface area (Å²) in [7, 11) is 0. The lowest BCUT2D eigenvalue weighted by molar-refractivity contribution is 0.535. The van der Waals surface area contributed by atoms with Crippen LogP contribution in [-0.4, -0.2) is 9.59 Å². The van der Waals surface area contributed by atoms with Crippen molar-refractivity contribution in [3.8, 4) is 0 Å². The van der Waals surface area contributed by atoms with E-state index in [0.29, 0.717) is 12.0 Å². The third-order valence-electron chi connectivity index (χ3n) is 2.38. The molecule has 7 heteroatoms. The van der Waals surface area contributed by atoms with Crippen LogP contribution in [0.4, 0.5) is 4.39 Å². The Labute approximate surface area is 107 Å². The molecule has 0 spiro atoms. The average molecular weight is 273 g/mol. The summed E-state index contributed by atoms with van der Waals surface area (Å²) in [5, 5.41) is 3.84. The number of benzene rings is 1. The molecule has 0 aliphatic carbocycles. The van der Waals surface area contributed by atoms with Crippen LogP contribution in [0.15, 0.2) is 24.4 Å². The van der Waals surface area contributed by atoms with Crippen LogP contribution in [-0.2, 0) is 6.42 Å². The number of rotatable bonds is 4. The topological polar surface area (TPSA) is 63.8 Å². The molecule has 0 fully saturated rings. The van der Waals surface area contributed by atoms with Crippen LogP contribution in [0.3, 0.4) is 0 Å². The van der Waals surface area contributed by atoms with E-state index in [1.807, 2.05) is 0 Å². The molecule has 0 aliphatic rings. The lowest BCUT2D eigenvalue weighted by Gasteiger charge is -2.13. The molecule has 1 aromatic heterocycles. The van der Waals surface area contributed by atoms with Gasteiger partial charge in [0.2, 0.25) is 0 Å². The van der Waals surface area contributed by atoms with Gasteiger partial charge in [-0.15, -0.1) is 5.10 Å². The first-order valence-electron chi connectivity index (χ1n) is 4.88. The zero-order valence-corrected chi connectivity index (χ0v) is 10.3. The number of hydrogen-bond acceptors (Lipinski definition) is 5. The van der Waals surface area contributed by atoms with Crippen molar-refractivity contribution in [2.75, 3.05) is 0 Å². The molecule has 1 atom stereocenters. The Bertz CT molecular complexity index is 491. The van der Waals surface area contributed by atoms with Gasteiger partial charge in [0.25, 0.3) is 0 Å². The van der Waals surface area contributed by atoms with Crippen molar-refractivity contribution >= 4 is 23.1 Å². The lowest BCUT2D eigenvalue weighted by atomic mass is 10.1. The summed E-state index contributed by atoms with van der Waals surface area (Å²) in [6, 6.07) is 4.68. The number of nitrogens with zero attached hydrogens (tertiary/aromatic N) is 2. The number of hydrogen-bond donors (Lipinski definition) is 2. The molecule has 0 aliphatic heterocycles. The highest BCUT2D eigenvalue weighted by Crippen LogP contribution is 2.24. The minimum absolute atomic E-state index is 0.112. The predicted octanol–water partition coefficient (Wildman–Crippen LogP) is 2.08. The summed E-state index contributed by atoms with van der Waals surface area (Å²) in [5.41, 5.74) is 3.13. The van der Waals surface area contributed by atoms with Crippen molar-refractivity contribution in [2.24, 2.45) is 5.84 Å². The number of halogens is 2. The van der Waals surface area contributed by atoms with E-state index in [1.54, 1.807) is 18.3 Å². The Hall–Kier alpha value is -1.08. The van der Waals surface area contributed by atoms with Crippen molar-refractivity contribution in [3.63, 3.8) is 0 Å².